The summed E-state index contributed by atoms with van der Waals surface area (Å²) in [7, 11) is 0. The van der Waals surface area contributed by atoms with Gasteiger partial charge in [-0.1, -0.05) is 0 Å². The molecule has 4 heavy (non-hydrogen) atoms. The lowest BCUT2D eigenvalue weighted by Crippen LogP contribution is -0.382. The summed E-state index contributed by atoms with van der Waals surface area (Å²) in [6.45, 7) is 0. The van der Waals surface area contributed by atoms with Crippen LogP contribution in [0.5, 0.6) is 0 Å². The van der Waals surface area contributed by atoms with Crippen LogP contribution in [0, 0.1) is 0 Å². The minimum Gasteiger partial charge on any atom is 0 e. The van der Waals surface area contributed by atoms with Crippen molar-refractivity contribution in [2.24, 2.45) is 0 Å². The van der Waals surface area contributed by atoms with Crippen molar-refractivity contribution in [3.8, 4) is 0 Å². The predicted octanol–water partition coefficient (Wildman–Crippen LogP) is -1.52. The summed E-state index contributed by atoms with van der Waals surface area (Å²) in [6.07, 6.45) is 0. The van der Waals surface area contributed by atoms with Crippen molar-refractivity contribution in [3.05, 3.63) is 0 Å². The molecule has 0 bridgehead atoms. The van der Waals surface area contributed by atoms with Crippen LogP contribution in [-0.2, 0) is 0 Å². The second-order valence-corrected chi connectivity index (χ2v) is 0. The Bertz CT molecular complexity index is 0. The molecule has 0 spiro atoms. The molecule has 0 aliphatic carbocycles. The van der Waals surface area contributed by atoms with Gasteiger partial charge in [0, 0.05) is 69.4 Å². The highest BCUT2D eigenvalue weighted by molar-refractivity contribution is 5.76. The largest absolute Gasteiger partial charge is 0 e. The Hall–Kier alpha value is 2.13. The lowest BCUT2D eigenvalue weighted by molar-refractivity contribution is 5.75. The van der Waals surface area contributed by atoms with Gasteiger partial charge < -0.3 is 0 Å². The summed E-state index contributed by atoms with van der Waals surface area (Å²) in [5.74, 6) is 0. The highest BCUT2D eigenvalue weighted by atomic mass is 27.0. The summed E-state index contributed by atoms with van der Waals surface area (Å²) in [6, 6.07) is 0. The Balaban J connectivity index is 0. The average Bonchev–Trinajstić information content (AvgIpc) is 0. The molecule has 4 heteroatoms. The molecule has 0 heterocycles. The SMILES string of the molecule is [Al].[Al].[Al].[Al]. The molecule has 0 amide bonds. The summed E-state index contributed by atoms with van der Waals surface area (Å²) in [5.41, 5.74) is 0. The van der Waals surface area contributed by atoms with Crippen LogP contribution in [0.3, 0.4) is 0 Å². The van der Waals surface area contributed by atoms with Gasteiger partial charge in [0.25, 0.3) is 0 Å². The van der Waals surface area contributed by atoms with E-state index in [1.165, 1.54) is 0 Å². The molecule has 0 atom stereocenters. The van der Waals surface area contributed by atoms with E-state index in [4.69, 9.17) is 0 Å². The van der Waals surface area contributed by atoms with E-state index in [1.54, 1.807) is 0 Å². The fourth-order valence-electron chi connectivity index (χ4n) is 0. The molecular weight excluding hydrogens is 108 g/mol. The van der Waals surface area contributed by atoms with Crippen LogP contribution in [0.25, 0.3) is 0 Å². The van der Waals surface area contributed by atoms with Gasteiger partial charge in [-0.3, -0.25) is 0 Å². The van der Waals surface area contributed by atoms with Crippen LogP contribution < -0.4 is 0 Å². The van der Waals surface area contributed by atoms with Crippen LogP contribution in [-0.4, -0.2) is 69.4 Å². The smallest absolute Gasteiger partial charge is 0 e. The molecule has 0 saturated carbocycles. The van der Waals surface area contributed by atoms with Crippen molar-refractivity contribution in [1.29, 1.82) is 0 Å². The first-order valence-electron chi connectivity index (χ1n) is 0. The molecular formula is Al4. The molecule has 12 valence electrons. The van der Waals surface area contributed by atoms with Crippen LogP contribution >= 0.6 is 0 Å². The fraction of sp³-hybridized carbons (Fsp3) is 0. The second-order valence-electron chi connectivity index (χ2n) is 0. The van der Waals surface area contributed by atoms with Crippen molar-refractivity contribution in [1.82, 2.24) is 0 Å². The summed E-state index contributed by atoms with van der Waals surface area (Å²) < 4.78 is 0. The molecule has 0 N–H and O–H groups in total. The lowest BCUT2D eigenvalue weighted by Gasteiger charge is -0.00100. The van der Waals surface area contributed by atoms with Crippen LogP contribution in [0.2, 0.25) is 0 Å². The number of rotatable bonds is 0. The van der Waals surface area contributed by atoms with Crippen LogP contribution in [0.15, 0.2) is 0 Å². The zero-order chi connectivity index (χ0) is 0. The third kappa shape index (κ3) is 8.92. The van der Waals surface area contributed by atoms with Gasteiger partial charge in [-0.05, 0) is 0 Å². The maximum absolute atomic E-state index is 0. The van der Waals surface area contributed by atoms with Gasteiger partial charge in [0.2, 0.25) is 0 Å². The first-order valence-corrected chi connectivity index (χ1v) is 0. The van der Waals surface area contributed by atoms with Crippen molar-refractivity contribution >= 4 is 69.4 Å². The van der Waals surface area contributed by atoms with Crippen molar-refractivity contribution in [2.45, 2.75) is 0 Å². The van der Waals surface area contributed by atoms with Crippen molar-refractivity contribution in [2.75, 3.05) is 0 Å². The summed E-state index contributed by atoms with van der Waals surface area (Å²) >= 11 is 0. The third-order valence-electron chi connectivity index (χ3n) is 0. The fourth-order valence-corrected chi connectivity index (χ4v) is 0. The van der Waals surface area contributed by atoms with Gasteiger partial charge in [0.15, 0.2) is 0 Å². The van der Waals surface area contributed by atoms with Crippen LogP contribution in [0.1, 0.15) is 0 Å². The third-order valence-corrected chi connectivity index (χ3v) is 0. The highest BCUT2D eigenvalue weighted by Gasteiger charge is 0.00300. The predicted molar refractivity (Wildman–Crippen MR) is 23.0 cm³/mol. The molecule has 0 unspecified atom stereocenters. The maximum Gasteiger partial charge on any atom is 0 e. The zero-order valence-corrected chi connectivity index (χ0v) is 6.93. The molecule has 0 saturated heterocycles. The topological polar surface area (TPSA) is 0 Å². The Labute approximate surface area is 68.9 Å². The summed E-state index contributed by atoms with van der Waals surface area (Å²) in [4.78, 5) is 0. The van der Waals surface area contributed by atoms with E-state index in [2.05, 4.69) is 0 Å². The van der Waals surface area contributed by atoms with Gasteiger partial charge in [0.1, 0.15) is 0 Å². The molecule has 0 aliphatic rings. The number of hydrogen-bond acceptors (Lipinski definition) is 0. The zero-order valence-electron chi connectivity index (χ0n) is 2.31. The molecule has 0 fully saturated rings. The molecule has 12 radical (unpaired) electrons. The van der Waals surface area contributed by atoms with Crippen LogP contribution in [0.4, 0.5) is 0 Å². The maximum atomic E-state index is 0. The van der Waals surface area contributed by atoms with Gasteiger partial charge >= 0.3 is 0 Å². The second kappa shape index (κ2) is 19.3. The Morgan fingerprint density at radius 2 is 0.250 bits per heavy atom. The first kappa shape index (κ1) is 35.6. The monoisotopic (exact) mass is 108 g/mol. The normalized spacial score (nSPS) is 0. The quantitative estimate of drug-likeness (QED) is 0.330. The molecule has 0 rings (SSSR count). The van der Waals surface area contributed by atoms with Gasteiger partial charge in [-0.15, -0.1) is 0 Å². The average molecular weight is 108 g/mol. The highest BCUT2D eigenvalue weighted by Crippen LogP contribution is -0.378. The van der Waals surface area contributed by atoms with E-state index in [1.807, 2.05) is 0 Å². The Kier molecular flexibility index (Phi) is 171. The minimum atomic E-state index is 0. The van der Waals surface area contributed by atoms with Gasteiger partial charge in [-0.2, -0.15) is 0 Å². The Morgan fingerprint density at radius 3 is 0.250 bits per heavy atom. The van der Waals surface area contributed by atoms with E-state index in [0.29, 0.717) is 0 Å². The van der Waals surface area contributed by atoms with E-state index in [0.717, 1.165) is 0 Å². The molecule has 0 aromatic heterocycles. The molecule has 0 nitrogen and oxygen atoms in total. The van der Waals surface area contributed by atoms with Gasteiger partial charge in [-0.25, -0.2) is 0 Å². The minimum absolute atomic E-state index is 0. The first-order chi connectivity index (χ1) is 0. The van der Waals surface area contributed by atoms with Gasteiger partial charge in [0.05, 0.1) is 0 Å². The van der Waals surface area contributed by atoms with E-state index in [9.17, 15) is 0 Å². The Morgan fingerprint density at radius 1 is 0.250 bits per heavy atom. The van der Waals surface area contributed by atoms with E-state index < -0.39 is 0 Å². The molecule has 0 aromatic rings. The van der Waals surface area contributed by atoms with E-state index >= 15 is 0 Å². The number of hydrogen-bond donors (Lipinski definition) is 0. The summed E-state index contributed by atoms with van der Waals surface area (Å²) in [5, 5.41) is 0. The lowest BCUT2D eigenvalue weighted by atomic mass is 27.0. The molecule has 0 aliphatic heterocycles. The van der Waals surface area contributed by atoms with Crippen molar-refractivity contribution < 1.29 is 0 Å². The van der Waals surface area contributed by atoms with E-state index in [-0.39, 0.29) is 69.4 Å². The van der Waals surface area contributed by atoms with Crippen molar-refractivity contribution in [3.63, 3.8) is 0 Å². The standard InChI is InChI=1S/4Al. The molecule has 0 aromatic carbocycles.